The highest BCUT2D eigenvalue weighted by Gasteiger charge is 2.13. The Morgan fingerprint density at radius 1 is 1.25 bits per heavy atom. The Balaban J connectivity index is 1.94. The van der Waals surface area contributed by atoms with E-state index in [-0.39, 0.29) is 5.91 Å². The van der Waals surface area contributed by atoms with Gasteiger partial charge in [0.2, 0.25) is 0 Å². The molecule has 24 heavy (non-hydrogen) atoms. The summed E-state index contributed by atoms with van der Waals surface area (Å²) in [6, 6.07) is 13.2. The molecule has 0 bridgehead atoms. The van der Waals surface area contributed by atoms with E-state index >= 15 is 0 Å². The van der Waals surface area contributed by atoms with Gasteiger partial charge in [-0.1, -0.05) is 35.4 Å². The minimum atomic E-state index is -0.0851. The number of nitrogens with one attached hydrogen (secondary N) is 2. The number of carbonyl (C=O) groups is 1. The van der Waals surface area contributed by atoms with Gasteiger partial charge in [0.25, 0.3) is 5.91 Å². The van der Waals surface area contributed by atoms with E-state index in [1.807, 2.05) is 13.1 Å². The monoisotopic (exact) mass is 342 g/mol. The number of quaternary nitrogens is 1. The number of carbonyl (C=O) groups excluding carboxylic acids is 1. The van der Waals surface area contributed by atoms with Gasteiger partial charge in [0, 0.05) is 11.3 Å². The van der Waals surface area contributed by atoms with Crippen molar-refractivity contribution in [2.24, 2.45) is 0 Å². The van der Waals surface area contributed by atoms with Crippen molar-refractivity contribution in [2.45, 2.75) is 20.4 Å². The fourth-order valence-electron chi connectivity index (χ4n) is 2.59. The van der Waals surface area contributed by atoms with E-state index in [0.29, 0.717) is 22.8 Å². The summed E-state index contributed by atoms with van der Waals surface area (Å²) >= 11 is 5.98. The highest BCUT2D eigenvalue weighted by atomic mass is 35.5. The summed E-state index contributed by atoms with van der Waals surface area (Å²) in [5.41, 5.74) is 4.72. The van der Waals surface area contributed by atoms with Gasteiger partial charge in [-0.25, -0.2) is 0 Å². The van der Waals surface area contributed by atoms with Crippen molar-refractivity contribution in [3.63, 3.8) is 0 Å². The van der Waals surface area contributed by atoms with Crippen LogP contribution in [0, 0.1) is 25.2 Å². The molecule has 124 valence electrons. The number of amides is 1. The standard InChI is InChI=1S/C19H20ClN3O/c1-13-4-5-16(14(2)8-13)11-23(3)12-19(24)22-17-7-6-15(10-21)18(20)9-17/h4-9H,11-12H2,1-3H3,(H,22,24)/p+1. The van der Waals surface area contributed by atoms with Gasteiger partial charge in [-0.3, -0.25) is 4.79 Å². The highest BCUT2D eigenvalue weighted by Crippen LogP contribution is 2.19. The molecule has 1 amide bonds. The maximum Gasteiger partial charge on any atom is 0.279 e. The number of anilines is 1. The zero-order valence-electron chi connectivity index (χ0n) is 14.1. The van der Waals surface area contributed by atoms with E-state index in [0.717, 1.165) is 11.4 Å². The van der Waals surface area contributed by atoms with E-state index in [1.165, 1.54) is 16.7 Å². The highest BCUT2D eigenvalue weighted by molar-refractivity contribution is 6.32. The van der Waals surface area contributed by atoms with Crippen LogP contribution in [0.25, 0.3) is 0 Å². The van der Waals surface area contributed by atoms with Gasteiger partial charge in [-0.05, 0) is 37.6 Å². The third-order valence-electron chi connectivity index (χ3n) is 3.83. The van der Waals surface area contributed by atoms with Crippen LogP contribution in [0.5, 0.6) is 0 Å². The Morgan fingerprint density at radius 2 is 2.00 bits per heavy atom. The lowest BCUT2D eigenvalue weighted by Gasteiger charge is -2.15. The van der Waals surface area contributed by atoms with Crippen molar-refractivity contribution in [3.8, 4) is 6.07 Å². The minimum Gasteiger partial charge on any atom is -0.326 e. The quantitative estimate of drug-likeness (QED) is 0.877. The fourth-order valence-corrected chi connectivity index (χ4v) is 2.82. The third-order valence-corrected chi connectivity index (χ3v) is 4.14. The lowest BCUT2D eigenvalue weighted by Crippen LogP contribution is -3.08. The second kappa shape index (κ2) is 7.96. The molecule has 0 saturated carbocycles. The number of aryl methyl sites for hydroxylation is 2. The maximum atomic E-state index is 12.2. The zero-order valence-corrected chi connectivity index (χ0v) is 14.9. The van der Waals surface area contributed by atoms with Gasteiger partial charge >= 0.3 is 0 Å². The van der Waals surface area contributed by atoms with Gasteiger partial charge in [0.15, 0.2) is 6.54 Å². The number of halogens is 1. The van der Waals surface area contributed by atoms with Crippen LogP contribution in [-0.4, -0.2) is 19.5 Å². The second-order valence-corrected chi connectivity index (χ2v) is 6.50. The van der Waals surface area contributed by atoms with E-state index in [1.54, 1.807) is 18.2 Å². The van der Waals surface area contributed by atoms with Crippen LogP contribution in [0.2, 0.25) is 5.02 Å². The molecule has 0 spiro atoms. The Bertz CT molecular complexity index is 796. The number of likely N-dealkylation sites (N-methyl/N-ethyl adjacent to an activating group) is 1. The van der Waals surface area contributed by atoms with Gasteiger partial charge in [0.1, 0.15) is 12.6 Å². The van der Waals surface area contributed by atoms with Crippen LogP contribution in [0.4, 0.5) is 5.69 Å². The van der Waals surface area contributed by atoms with Crippen molar-refractivity contribution >= 4 is 23.2 Å². The molecule has 0 aliphatic rings. The summed E-state index contributed by atoms with van der Waals surface area (Å²) < 4.78 is 0. The van der Waals surface area contributed by atoms with Crippen LogP contribution in [0.3, 0.4) is 0 Å². The predicted octanol–water partition coefficient (Wildman–Crippen LogP) is 2.48. The molecule has 1 atom stereocenters. The molecule has 2 aromatic carbocycles. The van der Waals surface area contributed by atoms with E-state index in [9.17, 15) is 4.79 Å². The van der Waals surface area contributed by atoms with E-state index in [2.05, 4.69) is 37.4 Å². The number of benzene rings is 2. The summed E-state index contributed by atoms with van der Waals surface area (Å²) in [6.45, 7) is 5.30. The van der Waals surface area contributed by atoms with E-state index in [4.69, 9.17) is 16.9 Å². The van der Waals surface area contributed by atoms with Crippen LogP contribution in [0.15, 0.2) is 36.4 Å². The number of hydrogen-bond acceptors (Lipinski definition) is 2. The summed E-state index contributed by atoms with van der Waals surface area (Å²) in [4.78, 5) is 13.3. The Labute approximate surface area is 147 Å². The first kappa shape index (κ1) is 18.0. The molecule has 0 aliphatic carbocycles. The first-order chi connectivity index (χ1) is 11.4. The molecule has 2 N–H and O–H groups in total. The van der Waals surface area contributed by atoms with Crippen molar-refractivity contribution < 1.29 is 9.69 Å². The van der Waals surface area contributed by atoms with Crippen molar-refractivity contribution in [1.82, 2.24) is 0 Å². The minimum absolute atomic E-state index is 0.0851. The van der Waals surface area contributed by atoms with Crippen LogP contribution in [0.1, 0.15) is 22.3 Å². The average Bonchev–Trinajstić information content (AvgIpc) is 2.50. The lowest BCUT2D eigenvalue weighted by atomic mass is 10.1. The average molecular weight is 343 g/mol. The summed E-state index contributed by atoms with van der Waals surface area (Å²) in [6.07, 6.45) is 0. The topological polar surface area (TPSA) is 57.3 Å². The Morgan fingerprint density at radius 3 is 2.62 bits per heavy atom. The molecule has 0 fully saturated rings. The SMILES string of the molecule is Cc1ccc(C[NH+](C)CC(=O)Nc2ccc(C#N)c(Cl)c2)c(C)c1. The van der Waals surface area contributed by atoms with Gasteiger partial charge < -0.3 is 10.2 Å². The molecule has 0 heterocycles. The summed E-state index contributed by atoms with van der Waals surface area (Å²) in [5.74, 6) is -0.0851. The maximum absolute atomic E-state index is 12.2. The van der Waals surface area contributed by atoms with Crippen molar-refractivity contribution in [3.05, 3.63) is 63.7 Å². The van der Waals surface area contributed by atoms with Crippen LogP contribution < -0.4 is 10.2 Å². The first-order valence-corrected chi connectivity index (χ1v) is 8.13. The molecule has 0 aliphatic heterocycles. The molecule has 1 unspecified atom stereocenters. The molecular formula is C19H21ClN3O+. The van der Waals surface area contributed by atoms with E-state index < -0.39 is 0 Å². The van der Waals surface area contributed by atoms with Gasteiger partial charge in [0.05, 0.1) is 17.6 Å². The smallest absolute Gasteiger partial charge is 0.279 e. The number of rotatable bonds is 5. The lowest BCUT2D eigenvalue weighted by molar-refractivity contribution is -0.885. The second-order valence-electron chi connectivity index (χ2n) is 6.10. The van der Waals surface area contributed by atoms with Gasteiger partial charge in [-0.15, -0.1) is 0 Å². The molecule has 0 saturated heterocycles. The summed E-state index contributed by atoms with van der Waals surface area (Å²) in [5, 5.41) is 12.0. The van der Waals surface area contributed by atoms with Crippen molar-refractivity contribution in [1.29, 1.82) is 5.26 Å². The molecule has 4 nitrogen and oxygen atoms in total. The number of hydrogen-bond donors (Lipinski definition) is 2. The number of nitriles is 1. The molecule has 5 heteroatoms. The van der Waals surface area contributed by atoms with Crippen LogP contribution >= 0.6 is 11.6 Å². The molecule has 2 aromatic rings. The fraction of sp³-hybridized carbons (Fsp3) is 0.263. The normalized spacial score (nSPS) is 11.6. The third kappa shape index (κ3) is 4.82. The first-order valence-electron chi connectivity index (χ1n) is 7.76. The Hall–Kier alpha value is -2.35. The zero-order chi connectivity index (χ0) is 17.7. The van der Waals surface area contributed by atoms with Gasteiger partial charge in [-0.2, -0.15) is 5.26 Å². The van der Waals surface area contributed by atoms with Crippen molar-refractivity contribution in [2.75, 3.05) is 18.9 Å². The predicted molar refractivity (Wildman–Crippen MR) is 96.2 cm³/mol. The largest absolute Gasteiger partial charge is 0.326 e. The Kier molecular flexibility index (Phi) is 5.97. The molecule has 0 radical (unpaired) electrons. The molecule has 2 rings (SSSR count). The molecule has 0 aromatic heterocycles. The number of nitrogens with zero attached hydrogens (tertiary/aromatic N) is 1. The van der Waals surface area contributed by atoms with Crippen LogP contribution in [-0.2, 0) is 11.3 Å². The molecular weight excluding hydrogens is 322 g/mol. The summed E-state index contributed by atoms with van der Waals surface area (Å²) in [7, 11) is 1.99.